The third-order valence-electron chi connectivity index (χ3n) is 5.67. The van der Waals surface area contributed by atoms with E-state index in [0.717, 1.165) is 38.2 Å². The van der Waals surface area contributed by atoms with Crippen molar-refractivity contribution in [3.8, 4) is 17.1 Å². The molecule has 3 rings (SSSR count). The number of nitrogens with two attached hydrogens (primary N) is 1. The zero-order valence-corrected chi connectivity index (χ0v) is 18.9. The van der Waals surface area contributed by atoms with E-state index < -0.39 is 24.0 Å². The molecule has 1 fully saturated rings. The number of oxime groups is 1. The number of alkyl halides is 4. The van der Waals surface area contributed by atoms with Crippen molar-refractivity contribution in [1.82, 2.24) is 15.0 Å². The number of benzene rings is 1. The SMILES string of the molecule is CCCCCCCCOc1ccc(-c2noc([C@@H]3C[C@@H](F)CN3/C(N)=N/O)n2)cc1C(F)(F)F. The molecule has 3 N–H and O–H groups in total. The van der Waals surface area contributed by atoms with E-state index in [1.807, 2.05) is 0 Å². The van der Waals surface area contributed by atoms with E-state index in [1.54, 1.807) is 0 Å². The van der Waals surface area contributed by atoms with Gasteiger partial charge in [0.1, 0.15) is 18.0 Å². The van der Waals surface area contributed by atoms with E-state index in [9.17, 15) is 17.6 Å². The van der Waals surface area contributed by atoms with Gasteiger partial charge in [-0.1, -0.05) is 49.3 Å². The highest BCUT2D eigenvalue weighted by Crippen LogP contribution is 2.39. The molecule has 12 heteroatoms. The summed E-state index contributed by atoms with van der Waals surface area (Å²) in [6, 6.07) is 2.75. The molecule has 1 aliphatic heterocycles. The zero-order valence-electron chi connectivity index (χ0n) is 18.9. The Hall–Kier alpha value is -3.05. The Bertz CT molecular complexity index is 966. The van der Waals surface area contributed by atoms with E-state index in [-0.39, 0.29) is 48.6 Å². The van der Waals surface area contributed by atoms with E-state index in [0.29, 0.717) is 6.42 Å². The summed E-state index contributed by atoms with van der Waals surface area (Å²) in [7, 11) is 0. The minimum absolute atomic E-state index is 0.0429. The maximum absolute atomic E-state index is 13.9. The summed E-state index contributed by atoms with van der Waals surface area (Å²) in [5.41, 5.74) is 4.71. The van der Waals surface area contributed by atoms with Crippen LogP contribution in [0.3, 0.4) is 0 Å². The molecule has 8 nitrogen and oxygen atoms in total. The first-order valence-electron chi connectivity index (χ1n) is 11.3. The molecule has 2 atom stereocenters. The van der Waals surface area contributed by atoms with Crippen LogP contribution in [0.5, 0.6) is 5.75 Å². The second-order valence-electron chi connectivity index (χ2n) is 8.24. The van der Waals surface area contributed by atoms with Gasteiger partial charge in [0.05, 0.1) is 18.7 Å². The van der Waals surface area contributed by atoms with Crippen molar-refractivity contribution in [3.63, 3.8) is 0 Å². The lowest BCUT2D eigenvalue weighted by Crippen LogP contribution is -2.37. The van der Waals surface area contributed by atoms with Crippen molar-refractivity contribution in [2.45, 2.75) is 70.3 Å². The normalized spacial score (nSPS) is 19.1. The van der Waals surface area contributed by atoms with Crippen LogP contribution in [0.2, 0.25) is 0 Å². The van der Waals surface area contributed by atoms with Crippen LogP contribution in [0.1, 0.15) is 69.4 Å². The number of hydrogen-bond donors (Lipinski definition) is 2. The van der Waals surface area contributed by atoms with Crippen LogP contribution in [-0.2, 0) is 6.18 Å². The van der Waals surface area contributed by atoms with Crippen LogP contribution in [0.4, 0.5) is 17.6 Å². The van der Waals surface area contributed by atoms with Crippen LogP contribution >= 0.6 is 0 Å². The molecule has 0 saturated carbocycles. The van der Waals surface area contributed by atoms with Gasteiger partial charge < -0.3 is 25.1 Å². The topological polar surface area (TPSA) is 110 Å². The average Bonchev–Trinajstić information content (AvgIpc) is 3.44. The Labute approximate surface area is 194 Å². The van der Waals surface area contributed by atoms with Gasteiger partial charge in [0, 0.05) is 12.0 Å². The first-order chi connectivity index (χ1) is 16.2. The highest BCUT2D eigenvalue weighted by atomic mass is 19.4. The van der Waals surface area contributed by atoms with Crippen LogP contribution in [0, 0.1) is 0 Å². The number of halogens is 4. The number of likely N-dealkylation sites (tertiary alicyclic amines) is 1. The van der Waals surface area contributed by atoms with Gasteiger partial charge in [-0.3, -0.25) is 0 Å². The Morgan fingerprint density at radius 1 is 1.26 bits per heavy atom. The predicted molar refractivity (Wildman–Crippen MR) is 116 cm³/mol. The van der Waals surface area contributed by atoms with Gasteiger partial charge in [0.2, 0.25) is 17.7 Å². The van der Waals surface area contributed by atoms with Crippen LogP contribution < -0.4 is 10.5 Å². The maximum atomic E-state index is 13.9. The second-order valence-corrected chi connectivity index (χ2v) is 8.24. The summed E-state index contributed by atoms with van der Waals surface area (Å²) < 4.78 is 65.6. The number of hydrogen-bond acceptors (Lipinski definition) is 6. The lowest BCUT2D eigenvalue weighted by molar-refractivity contribution is -0.138. The molecule has 0 unspecified atom stereocenters. The summed E-state index contributed by atoms with van der Waals surface area (Å²) >= 11 is 0. The Kier molecular flexibility index (Phi) is 8.56. The van der Waals surface area contributed by atoms with Gasteiger partial charge in [-0.15, -0.1) is 0 Å². The summed E-state index contributed by atoms with van der Waals surface area (Å²) in [5.74, 6) is -0.720. The van der Waals surface area contributed by atoms with Gasteiger partial charge in [-0.25, -0.2) is 4.39 Å². The smallest absolute Gasteiger partial charge is 0.419 e. The van der Waals surface area contributed by atoms with E-state index in [2.05, 4.69) is 22.2 Å². The molecular weight excluding hydrogens is 458 g/mol. The minimum Gasteiger partial charge on any atom is -0.493 e. The Balaban J connectivity index is 1.73. The molecular formula is C22H29F4N5O3. The molecule has 34 heavy (non-hydrogen) atoms. The molecule has 1 aromatic heterocycles. The highest BCUT2D eigenvalue weighted by Gasteiger charge is 2.39. The van der Waals surface area contributed by atoms with Crippen LogP contribution in [-0.4, -0.2) is 45.5 Å². The number of rotatable bonds is 10. The average molecular weight is 487 g/mol. The van der Waals surface area contributed by atoms with Gasteiger partial charge >= 0.3 is 6.18 Å². The summed E-state index contributed by atoms with van der Waals surface area (Å²) in [6.45, 7) is 2.17. The highest BCUT2D eigenvalue weighted by molar-refractivity contribution is 5.78. The fraction of sp³-hybridized carbons (Fsp3) is 0.591. The standard InChI is InChI=1S/C22H29F4N5O3/c1-2-3-4-5-6-7-10-33-18-9-8-14(11-16(18)22(24,25)26)19-28-20(34-30-19)17-12-15(23)13-31(17)21(27)29-32/h8-9,11,15,17,32H,2-7,10,12-13H2,1H3,(H2,27,29)/t15-,17+/m1/s1. The first kappa shape index (κ1) is 25.6. The number of aromatic nitrogens is 2. The molecule has 0 spiro atoms. The zero-order chi connectivity index (χ0) is 24.7. The van der Waals surface area contributed by atoms with Crippen LogP contribution in [0.25, 0.3) is 11.4 Å². The number of guanidine groups is 1. The summed E-state index contributed by atoms with van der Waals surface area (Å²) in [4.78, 5) is 5.39. The number of nitrogens with zero attached hydrogens (tertiary/aromatic N) is 4. The molecule has 0 radical (unpaired) electrons. The van der Waals surface area contributed by atoms with Gasteiger partial charge in [-0.2, -0.15) is 18.2 Å². The fourth-order valence-corrected chi connectivity index (χ4v) is 3.90. The molecule has 2 heterocycles. The Morgan fingerprint density at radius 2 is 2.00 bits per heavy atom. The van der Waals surface area contributed by atoms with Crippen molar-refractivity contribution < 1.29 is 32.0 Å². The molecule has 0 bridgehead atoms. The summed E-state index contributed by atoms with van der Waals surface area (Å²) in [6.07, 6.45) is 0.00859. The van der Waals surface area contributed by atoms with Crippen molar-refractivity contribution in [1.29, 1.82) is 0 Å². The van der Waals surface area contributed by atoms with Crippen molar-refractivity contribution >= 4 is 5.96 Å². The summed E-state index contributed by atoms with van der Waals surface area (Å²) in [5, 5.41) is 15.5. The minimum atomic E-state index is -4.64. The quantitative estimate of drug-likeness (QED) is 0.117. The van der Waals surface area contributed by atoms with Crippen molar-refractivity contribution in [2.24, 2.45) is 10.9 Å². The molecule has 1 saturated heterocycles. The van der Waals surface area contributed by atoms with E-state index in [1.165, 1.54) is 17.0 Å². The molecule has 2 aromatic rings. The molecule has 0 aliphatic carbocycles. The monoisotopic (exact) mass is 487 g/mol. The van der Waals surface area contributed by atoms with E-state index in [4.69, 9.17) is 20.2 Å². The Morgan fingerprint density at radius 3 is 2.71 bits per heavy atom. The first-order valence-corrected chi connectivity index (χ1v) is 11.3. The van der Waals surface area contributed by atoms with Gasteiger partial charge in [-0.05, 0) is 24.6 Å². The van der Waals surface area contributed by atoms with Gasteiger partial charge in [0.25, 0.3) is 0 Å². The molecule has 0 amide bonds. The molecule has 188 valence electrons. The van der Waals surface area contributed by atoms with Crippen molar-refractivity contribution in [2.75, 3.05) is 13.2 Å². The molecule has 1 aliphatic rings. The fourth-order valence-electron chi connectivity index (χ4n) is 3.90. The lowest BCUT2D eigenvalue weighted by atomic mass is 10.1. The number of ether oxygens (including phenoxy) is 1. The third kappa shape index (κ3) is 6.29. The number of unbranched alkanes of at least 4 members (excludes halogenated alkanes) is 5. The largest absolute Gasteiger partial charge is 0.493 e. The van der Waals surface area contributed by atoms with Crippen molar-refractivity contribution in [3.05, 3.63) is 29.7 Å². The third-order valence-corrected chi connectivity index (χ3v) is 5.67. The van der Waals surface area contributed by atoms with Gasteiger partial charge in [0.15, 0.2) is 0 Å². The van der Waals surface area contributed by atoms with E-state index >= 15 is 0 Å². The van der Waals surface area contributed by atoms with Crippen LogP contribution in [0.15, 0.2) is 27.9 Å². The predicted octanol–water partition coefficient (Wildman–Crippen LogP) is 5.28. The second kappa shape index (κ2) is 11.4. The molecule has 1 aromatic carbocycles. The lowest BCUT2D eigenvalue weighted by Gasteiger charge is -2.20. The maximum Gasteiger partial charge on any atom is 0.419 e.